The second kappa shape index (κ2) is 8.87. The third-order valence-electron chi connectivity index (χ3n) is 5.00. The zero-order chi connectivity index (χ0) is 22.0. The number of hydrogen-bond acceptors (Lipinski definition) is 6. The van der Waals surface area contributed by atoms with E-state index < -0.39 is 0 Å². The molecule has 0 aliphatic carbocycles. The van der Waals surface area contributed by atoms with Gasteiger partial charge in [-0.2, -0.15) is 0 Å². The van der Waals surface area contributed by atoms with E-state index in [0.717, 1.165) is 16.0 Å². The topological polar surface area (TPSA) is 91.2 Å². The van der Waals surface area contributed by atoms with E-state index >= 15 is 0 Å². The van der Waals surface area contributed by atoms with Crippen LogP contribution in [0.5, 0.6) is 0 Å². The van der Waals surface area contributed by atoms with Crippen molar-refractivity contribution in [3.05, 3.63) is 75.0 Å². The molecule has 1 amide bonds. The maximum Gasteiger partial charge on any atom is 0.260 e. The van der Waals surface area contributed by atoms with Gasteiger partial charge in [0, 0.05) is 10.4 Å². The lowest BCUT2D eigenvalue weighted by molar-refractivity contribution is -0.122. The lowest BCUT2D eigenvalue weighted by Gasteiger charge is -2.15. The summed E-state index contributed by atoms with van der Waals surface area (Å²) in [4.78, 5) is 36.2. The molecule has 4 aromatic rings. The van der Waals surface area contributed by atoms with Gasteiger partial charge in [0.05, 0.1) is 31.3 Å². The monoisotopic (exact) mass is 436 g/mol. The molecule has 0 radical (unpaired) electrons. The Kier molecular flexibility index (Phi) is 6.01. The Bertz CT molecular complexity index is 1260. The number of aryl methyl sites for hydroxylation is 2. The summed E-state index contributed by atoms with van der Waals surface area (Å²) in [6.45, 7) is 4.93. The minimum atomic E-state index is -0.157. The summed E-state index contributed by atoms with van der Waals surface area (Å²) in [5.41, 5.74) is 2.97. The quantitative estimate of drug-likeness (QED) is 0.462. The molecular formula is C23H24N4O3S. The van der Waals surface area contributed by atoms with Crippen molar-refractivity contribution in [1.82, 2.24) is 20.2 Å². The zero-order valence-corrected chi connectivity index (χ0v) is 18.5. The van der Waals surface area contributed by atoms with Crippen molar-refractivity contribution in [2.75, 3.05) is 13.6 Å². The first-order chi connectivity index (χ1) is 14.9. The molecule has 0 unspecified atom stereocenters. The largest absolute Gasteiger partial charge is 0.467 e. The molecule has 0 aliphatic rings. The highest BCUT2D eigenvalue weighted by atomic mass is 32.1. The first-order valence-electron chi connectivity index (χ1n) is 9.97. The number of aromatic amines is 1. The van der Waals surface area contributed by atoms with Gasteiger partial charge in [-0.15, -0.1) is 11.3 Å². The van der Waals surface area contributed by atoms with Crippen LogP contribution < -0.4 is 10.9 Å². The van der Waals surface area contributed by atoms with Crippen molar-refractivity contribution < 1.29 is 9.21 Å². The molecule has 2 N–H and O–H groups in total. The Labute approximate surface area is 183 Å². The second-order valence-corrected chi connectivity index (χ2v) is 8.82. The average Bonchev–Trinajstić information content (AvgIpc) is 3.34. The molecule has 7 nitrogen and oxygen atoms in total. The van der Waals surface area contributed by atoms with E-state index in [4.69, 9.17) is 4.42 Å². The number of rotatable bonds is 7. The Balaban J connectivity index is 1.49. The molecule has 0 aliphatic heterocycles. The molecule has 4 rings (SSSR count). The van der Waals surface area contributed by atoms with Crippen molar-refractivity contribution in [3.8, 4) is 11.1 Å². The van der Waals surface area contributed by atoms with Gasteiger partial charge >= 0.3 is 0 Å². The SMILES string of the molecule is Cc1ccc(-c2c(C)sc3nc(CN(C)CC(=O)NCc4ccco4)[nH]c(=O)c23)cc1. The van der Waals surface area contributed by atoms with Crippen LogP contribution >= 0.6 is 11.3 Å². The fourth-order valence-electron chi connectivity index (χ4n) is 3.52. The number of carbonyl (C=O) groups excluding carboxylic acids is 1. The number of carbonyl (C=O) groups is 1. The number of H-pyrrole nitrogens is 1. The van der Waals surface area contributed by atoms with E-state index in [9.17, 15) is 9.59 Å². The van der Waals surface area contributed by atoms with Crippen molar-refractivity contribution in [2.24, 2.45) is 0 Å². The molecule has 160 valence electrons. The number of hydrogen-bond donors (Lipinski definition) is 2. The smallest absolute Gasteiger partial charge is 0.260 e. The minimum absolute atomic E-state index is 0.129. The number of nitrogens with one attached hydrogen (secondary N) is 2. The first-order valence-corrected chi connectivity index (χ1v) is 10.8. The molecule has 0 bridgehead atoms. The van der Waals surface area contributed by atoms with Crippen LogP contribution in [0.4, 0.5) is 0 Å². The molecule has 0 atom stereocenters. The summed E-state index contributed by atoms with van der Waals surface area (Å²) in [5.74, 6) is 1.11. The van der Waals surface area contributed by atoms with E-state index in [1.165, 1.54) is 16.9 Å². The van der Waals surface area contributed by atoms with Crippen LogP contribution in [-0.2, 0) is 17.9 Å². The molecule has 31 heavy (non-hydrogen) atoms. The van der Waals surface area contributed by atoms with E-state index in [1.807, 2.05) is 56.1 Å². The van der Waals surface area contributed by atoms with Crippen LogP contribution in [0, 0.1) is 13.8 Å². The van der Waals surface area contributed by atoms with Crippen molar-refractivity contribution in [2.45, 2.75) is 26.9 Å². The van der Waals surface area contributed by atoms with Gasteiger partial charge in [-0.3, -0.25) is 14.5 Å². The molecule has 0 saturated carbocycles. The summed E-state index contributed by atoms with van der Waals surface area (Å²) in [6, 6.07) is 11.7. The van der Waals surface area contributed by atoms with Crippen LogP contribution in [-0.4, -0.2) is 34.4 Å². The fraction of sp³-hybridized carbons (Fsp3) is 0.261. The predicted molar refractivity (Wildman–Crippen MR) is 122 cm³/mol. The summed E-state index contributed by atoms with van der Waals surface area (Å²) >= 11 is 1.51. The maximum absolute atomic E-state index is 12.9. The average molecular weight is 437 g/mol. The Morgan fingerprint density at radius 1 is 1.23 bits per heavy atom. The van der Waals surface area contributed by atoms with Gasteiger partial charge < -0.3 is 14.7 Å². The molecule has 3 aromatic heterocycles. The van der Waals surface area contributed by atoms with Crippen LogP contribution in [0.1, 0.15) is 22.0 Å². The molecule has 0 saturated heterocycles. The molecule has 3 heterocycles. The lowest BCUT2D eigenvalue weighted by Crippen LogP contribution is -2.35. The standard InChI is InChI=1S/C23H24N4O3S/c1-14-6-8-16(9-7-14)20-15(2)31-23-21(20)22(29)25-18(26-23)12-27(3)13-19(28)24-11-17-5-4-10-30-17/h4-10H,11-13H2,1-3H3,(H,24,28)(H,25,26,29). The summed E-state index contributed by atoms with van der Waals surface area (Å²) < 4.78 is 5.21. The van der Waals surface area contributed by atoms with Gasteiger partial charge in [-0.25, -0.2) is 4.98 Å². The number of likely N-dealkylation sites (N-methyl/N-ethyl adjacent to an activating group) is 1. The van der Waals surface area contributed by atoms with Crippen LogP contribution in [0.25, 0.3) is 21.3 Å². The normalized spacial score (nSPS) is 11.4. The second-order valence-electron chi connectivity index (χ2n) is 7.62. The lowest BCUT2D eigenvalue weighted by atomic mass is 10.0. The summed E-state index contributed by atoms with van der Waals surface area (Å²) in [5, 5.41) is 3.43. The van der Waals surface area contributed by atoms with E-state index in [0.29, 0.717) is 34.9 Å². The number of aromatic nitrogens is 2. The van der Waals surface area contributed by atoms with E-state index in [-0.39, 0.29) is 18.0 Å². The van der Waals surface area contributed by atoms with Crippen molar-refractivity contribution >= 4 is 27.5 Å². The van der Waals surface area contributed by atoms with Gasteiger partial charge in [-0.1, -0.05) is 29.8 Å². The molecule has 0 fully saturated rings. The maximum atomic E-state index is 12.9. The number of furan rings is 1. The van der Waals surface area contributed by atoms with Gasteiger partial charge in [0.1, 0.15) is 16.4 Å². The zero-order valence-electron chi connectivity index (χ0n) is 17.7. The molecule has 0 spiro atoms. The Morgan fingerprint density at radius 3 is 2.71 bits per heavy atom. The Hall–Kier alpha value is -3.23. The highest BCUT2D eigenvalue weighted by molar-refractivity contribution is 7.19. The van der Waals surface area contributed by atoms with Gasteiger partial charge in [0.15, 0.2) is 0 Å². The summed E-state index contributed by atoms with van der Waals surface area (Å²) in [6.07, 6.45) is 1.57. The van der Waals surface area contributed by atoms with Crippen LogP contribution in [0.3, 0.4) is 0 Å². The van der Waals surface area contributed by atoms with Crippen LogP contribution in [0.2, 0.25) is 0 Å². The Morgan fingerprint density at radius 2 is 2.00 bits per heavy atom. The number of benzene rings is 1. The van der Waals surface area contributed by atoms with E-state index in [1.54, 1.807) is 12.3 Å². The molecule has 8 heteroatoms. The van der Waals surface area contributed by atoms with Crippen molar-refractivity contribution in [3.63, 3.8) is 0 Å². The highest BCUT2D eigenvalue weighted by Gasteiger charge is 2.17. The highest BCUT2D eigenvalue weighted by Crippen LogP contribution is 2.35. The third-order valence-corrected chi connectivity index (χ3v) is 6.00. The van der Waals surface area contributed by atoms with Gasteiger partial charge in [0.2, 0.25) is 5.91 Å². The van der Waals surface area contributed by atoms with Crippen molar-refractivity contribution in [1.29, 1.82) is 0 Å². The fourth-order valence-corrected chi connectivity index (χ4v) is 4.58. The summed E-state index contributed by atoms with van der Waals surface area (Å²) in [7, 11) is 1.81. The third kappa shape index (κ3) is 4.76. The number of thiophene rings is 1. The van der Waals surface area contributed by atoms with Gasteiger partial charge in [0.25, 0.3) is 5.56 Å². The molecular weight excluding hydrogens is 412 g/mol. The minimum Gasteiger partial charge on any atom is -0.467 e. The number of amides is 1. The van der Waals surface area contributed by atoms with Crippen LogP contribution in [0.15, 0.2) is 51.9 Å². The number of fused-ring (bicyclic) bond motifs is 1. The predicted octanol–water partition coefficient (Wildman–Crippen LogP) is 3.61. The van der Waals surface area contributed by atoms with E-state index in [2.05, 4.69) is 15.3 Å². The first kappa shape index (κ1) is 21.0. The molecule has 1 aromatic carbocycles. The van der Waals surface area contributed by atoms with Gasteiger partial charge in [-0.05, 0) is 38.6 Å². The number of nitrogens with zero attached hydrogens (tertiary/aromatic N) is 2.